The third kappa shape index (κ3) is 2.45. The summed E-state index contributed by atoms with van der Waals surface area (Å²) < 4.78 is 5.53. The number of morpholine rings is 1. The Bertz CT molecular complexity index is 388. The Morgan fingerprint density at radius 1 is 1.35 bits per heavy atom. The van der Waals surface area contributed by atoms with E-state index in [1.807, 2.05) is 25.1 Å². The molecule has 1 atom stereocenters. The lowest BCUT2D eigenvalue weighted by atomic mass is 9.98. The van der Waals surface area contributed by atoms with Crippen LogP contribution < -0.4 is 4.90 Å². The molecular formula is C14H21NO2. The third-order valence-electron chi connectivity index (χ3n) is 3.32. The fourth-order valence-electron chi connectivity index (χ4n) is 2.39. The van der Waals surface area contributed by atoms with Crippen LogP contribution >= 0.6 is 0 Å². The first-order chi connectivity index (χ1) is 8.02. The molecule has 0 spiro atoms. The van der Waals surface area contributed by atoms with Gasteiger partial charge in [-0.05, 0) is 26.8 Å². The predicted molar refractivity (Wildman–Crippen MR) is 69.3 cm³/mol. The first kappa shape index (κ1) is 12.4. The molecule has 17 heavy (non-hydrogen) atoms. The molecule has 0 radical (unpaired) electrons. The maximum atomic E-state index is 9.85. The Labute approximate surface area is 103 Å². The number of aliphatic hydroxyl groups excluding tert-OH is 1. The normalized spacial score (nSPS) is 21.3. The SMILES string of the molecule is C[C@H](O)c1ccccc1N1CCOCC1(C)C. The highest BCUT2D eigenvalue weighted by Crippen LogP contribution is 2.32. The lowest BCUT2D eigenvalue weighted by Crippen LogP contribution is -2.53. The van der Waals surface area contributed by atoms with Crippen molar-refractivity contribution in [1.82, 2.24) is 0 Å². The van der Waals surface area contributed by atoms with Gasteiger partial charge in [0.05, 0.1) is 24.9 Å². The van der Waals surface area contributed by atoms with Gasteiger partial charge in [-0.2, -0.15) is 0 Å². The maximum absolute atomic E-state index is 9.85. The van der Waals surface area contributed by atoms with Crippen LogP contribution in [-0.2, 0) is 4.74 Å². The topological polar surface area (TPSA) is 32.7 Å². The minimum atomic E-state index is -0.440. The van der Waals surface area contributed by atoms with Gasteiger partial charge in [0, 0.05) is 17.8 Å². The summed E-state index contributed by atoms with van der Waals surface area (Å²) in [4.78, 5) is 2.33. The van der Waals surface area contributed by atoms with E-state index in [4.69, 9.17) is 4.74 Å². The van der Waals surface area contributed by atoms with Crippen LogP contribution in [0.2, 0.25) is 0 Å². The number of rotatable bonds is 2. The molecule has 94 valence electrons. The van der Waals surface area contributed by atoms with E-state index >= 15 is 0 Å². The molecule has 1 N–H and O–H groups in total. The molecule has 1 aromatic rings. The van der Waals surface area contributed by atoms with Crippen molar-refractivity contribution in [1.29, 1.82) is 0 Å². The van der Waals surface area contributed by atoms with E-state index in [2.05, 4.69) is 24.8 Å². The molecule has 0 bridgehead atoms. The van der Waals surface area contributed by atoms with Crippen LogP contribution in [0.3, 0.4) is 0 Å². The average Bonchev–Trinajstić information content (AvgIpc) is 2.28. The maximum Gasteiger partial charge on any atom is 0.0781 e. The standard InChI is InChI=1S/C14H21NO2/c1-11(16)12-6-4-5-7-13(12)15-8-9-17-10-14(15,2)3/h4-7,11,16H,8-10H2,1-3H3/t11-/m0/s1. The van der Waals surface area contributed by atoms with Crippen LogP contribution in [-0.4, -0.2) is 30.4 Å². The third-order valence-corrected chi connectivity index (χ3v) is 3.32. The summed E-state index contributed by atoms with van der Waals surface area (Å²) in [6, 6.07) is 8.06. The van der Waals surface area contributed by atoms with Gasteiger partial charge in [-0.25, -0.2) is 0 Å². The fourth-order valence-corrected chi connectivity index (χ4v) is 2.39. The summed E-state index contributed by atoms with van der Waals surface area (Å²) in [5, 5.41) is 9.85. The molecule has 0 amide bonds. The molecule has 1 aliphatic heterocycles. The van der Waals surface area contributed by atoms with Crippen LogP contribution in [0.25, 0.3) is 0 Å². The molecule has 0 saturated carbocycles. The lowest BCUT2D eigenvalue weighted by molar-refractivity contribution is 0.0639. The summed E-state index contributed by atoms with van der Waals surface area (Å²) in [6.07, 6.45) is -0.440. The Morgan fingerprint density at radius 2 is 2.06 bits per heavy atom. The van der Waals surface area contributed by atoms with Crippen LogP contribution in [0, 0.1) is 0 Å². The molecule has 1 aromatic carbocycles. The highest BCUT2D eigenvalue weighted by Gasteiger charge is 2.32. The predicted octanol–water partition coefficient (Wildman–Crippen LogP) is 2.36. The number of hydrogen-bond acceptors (Lipinski definition) is 3. The number of anilines is 1. The van der Waals surface area contributed by atoms with Crippen LogP contribution in [0.1, 0.15) is 32.4 Å². The summed E-state index contributed by atoms with van der Waals surface area (Å²) in [5.41, 5.74) is 2.08. The van der Waals surface area contributed by atoms with E-state index < -0.39 is 6.10 Å². The van der Waals surface area contributed by atoms with E-state index in [0.29, 0.717) is 0 Å². The van der Waals surface area contributed by atoms with Gasteiger partial charge < -0.3 is 14.7 Å². The Kier molecular flexibility index (Phi) is 3.40. The molecule has 0 unspecified atom stereocenters. The number of para-hydroxylation sites is 1. The minimum absolute atomic E-state index is 0.0246. The molecule has 2 rings (SSSR count). The molecule has 1 aliphatic rings. The Balaban J connectivity index is 2.38. The fraction of sp³-hybridized carbons (Fsp3) is 0.571. The van der Waals surface area contributed by atoms with Crippen molar-refractivity contribution in [3.63, 3.8) is 0 Å². The van der Waals surface area contributed by atoms with Crippen molar-refractivity contribution < 1.29 is 9.84 Å². The van der Waals surface area contributed by atoms with E-state index in [9.17, 15) is 5.11 Å². The van der Waals surface area contributed by atoms with Crippen molar-refractivity contribution in [2.45, 2.75) is 32.4 Å². The largest absolute Gasteiger partial charge is 0.389 e. The zero-order valence-corrected chi connectivity index (χ0v) is 10.8. The van der Waals surface area contributed by atoms with E-state index in [1.165, 1.54) is 0 Å². The van der Waals surface area contributed by atoms with Gasteiger partial charge in [-0.1, -0.05) is 18.2 Å². The quantitative estimate of drug-likeness (QED) is 0.854. The molecule has 1 heterocycles. The van der Waals surface area contributed by atoms with Gasteiger partial charge in [0.1, 0.15) is 0 Å². The summed E-state index contributed by atoms with van der Waals surface area (Å²) >= 11 is 0. The van der Waals surface area contributed by atoms with E-state index in [-0.39, 0.29) is 5.54 Å². The first-order valence-electron chi connectivity index (χ1n) is 6.15. The zero-order chi connectivity index (χ0) is 12.5. The lowest BCUT2D eigenvalue weighted by Gasteiger charge is -2.44. The Morgan fingerprint density at radius 3 is 2.71 bits per heavy atom. The monoisotopic (exact) mass is 235 g/mol. The number of hydrogen-bond donors (Lipinski definition) is 1. The van der Waals surface area contributed by atoms with Gasteiger partial charge in [0.2, 0.25) is 0 Å². The average molecular weight is 235 g/mol. The first-order valence-corrected chi connectivity index (χ1v) is 6.15. The van der Waals surface area contributed by atoms with Crippen molar-refractivity contribution in [2.24, 2.45) is 0 Å². The van der Waals surface area contributed by atoms with E-state index in [0.717, 1.165) is 31.0 Å². The molecular weight excluding hydrogens is 214 g/mol. The Hall–Kier alpha value is -1.06. The zero-order valence-electron chi connectivity index (χ0n) is 10.8. The molecule has 3 heteroatoms. The van der Waals surface area contributed by atoms with Crippen molar-refractivity contribution in [3.8, 4) is 0 Å². The number of benzene rings is 1. The van der Waals surface area contributed by atoms with Gasteiger partial charge >= 0.3 is 0 Å². The highest BCUT2D eigenvalue weighted by atomic mass is 16.5. The molecule has 3 nitrogen and oxygen atoms in total. The smallest absolute Gasteiger partial charge is 0.0781 e. The second kappa shape index (κ2) is 4.67. The van der Waals surface area contributed by atoms with Gasteiger partial charge in [-0.15, -0.1) is 0 Å². The number of nitrogens with zero attached hydrogens (tertiary/aromatic N) is 1. The van der Waals surface area contributed by atoms with Crippen LogP contribution in [0.15, 0.2) is 24.3 Å². The van der Waals surface area contributed by atoms with Gasteiger partial charge in [0.25, 0.3) is 0 Å². The minimum Gasteiger partial charge on any atom is -0.389 e. The molecule has 0 aliphatic carbocycles. The number of aliphatic hydroxyl groups is 1. The van der Waals surface area contributed by atoms with Crippen molar-refractivity contribution in [3.05, 3.63) is 29.8 Å². The van der Waals surface area contributed by atoms with Crippen molar-refractivity contribution in [2.75, 3.05) is 24.7 Å². The molecule has 1 saturated heterocycles. The van der Waals surface area contributed by atoms with Crippen LogP contribution in [0.4, 0.5) is 5.69 Å². The molecule has 0 aromatic heterocycles. The second-order valence-electron chi connectivity index (χ2n) is 5.25. The van der Waals surface area contributed by atoms with Gasteiger partial charge in [-0.3, -0.25) is 0 Å². The highest BCUT2D eigenvalue weighted by molar-refractivity contribution is 5.56. The number of ether oxygens (including phenoxy) is 1. The summed E-state index contributed by atoms with van der Waals surface area (Å²) in [6.45, 7) is 8.50. The summed E-state index contributed by atoms with van der Waals surface area (Å²) in [5.74, 6) is 0. The van der Waals surface area contributed by atoms with E-state index in [1.54, 1.807) is 0 Å². The second-order valence-corrected chi connectivity index (χ2v) is 5.25. The molecule has 1 fully saturated rings. The van der Waals surface area contributed by atoms with Crippen LogP contribution in [0.5, 0.6) is 0 Å². The van der Waals surface area contributed by atoms with Crippen molar-refractivity contribution >= 4 is 5.69 Å². The summed E-state index contributed by atoms with van der Waals surface area (Å²) in [7, 11) is 0. The van der Waals surface area contributed by atoms with Gasteiger partial charge in [0.15, 0.2) is 0 Å².